The Morgan fingerprint density at radius 1 is 1.24 bits per heavy atom. The number of amides is 1. The van der Waals surface area contributed by atoms with Crippen molar-refractivity contribution in [1.82, 2.24) is 15.2 Å². The van der Waals surface area contributed by atoms with Gasteiger partial charge in [0.2, 0.25) is 5.88 Å². The number of pyridine rings is 1. The Kier molecular flexibility index (Phi) is 5.85. The molecule has 2 aromatic rings. The highest BCUT2D eigenvalue weighted by Crippen LogP contribution is 2.22. The van der Waals surface area contributed by atoms with Gasteiger partial charge < -0.3 is 19.7 Å². The first kappa shape index (κ1) is 17.2. The van der Waals surface area contributed by atoms with Crippen LogP contribution in [0.2, 0.25) is 0 Å². The van der Waals surface area contributed by atoms with Gasteiger partial charge in [-0.3, -0.25) is 4.79 Å². The Morgan fingerprint density at radius 2 is 2.04 bits per heavy atom. The molecule has 6 heteroatoms. The number of benzene rings is 1. The third-order valence-electron chi connectivity index (χ3n) is 4.18. The first-order valence-corrected chi connectivity index (χ1v) is 8.48. The van der Waals surface area contributed by atoms with Gasteiger partial charge in [0.05, 0.1) is 0 Å². The van der Waals surface area contributed by atoms with Gasteiger partial charge in [0, 0.05) is 25.4 Å². The van der Waals surface area contributed by atoms with Crippen LogP contribution in [0.4, 0.5) is 0 Å². The molecular weight excluding hydrogens is 318 g/mol. The molecular formula is C19H23N3O3. The van der Waals surface area contributed by atoms with Crippen molar-refractivity contribution < 1.29 is 14.3 Å². The molecule has 1 amide bonds. The van der Waals surface area contributed by atoms with Crippen LogP contribution in [0.1, 0.15) is 6.42 Å². The second-order valence-electron chi connectivity index (χ2n) is 6.08. The van der Waals surface area contributed by atoms with Crippen LogP contribution in [-0.4, -0.2) is 49.1 Å². The van der Waals surface area contributed by atoms with Crippen molar-refractivity contribution in [2.24, 2.45) is 5.92 Å². The smallest absolute Gasteiger partial charge is 0.260 e. The lowest BCUT2D eigenvalue weighted by atomic mass is 10.1. The molecule has 1 unspecified atom stereocenters. The molecule has 1 aliphatic heterocycles. The summed E-state index contributed by atoms with van der Waals surface area (Å²) in [6.07, 6.45) is 2.73. The van der Waals surface area contributed by atoms with E-state index in [1.165, 1.54) is 0 Å². The maximum Gasteiger partial charge on any atom is 0.260 e. The maximum atomic E-state index is 12.2. The molecule has 1 aliphatic rings. The second kappa shape index (κ2) is 8.48. The average Bonchev–Trinajstić information content (AvgIpc) is 3.11. The molecule has 132 valence electrons. The van der Waals surface area contributed by atoms with Gasteiger partial charge in [-0.15, -0.1) is 0 Å². The van der Waals surface area contributed by atoms with Crippen LogP contribution in [0, 0.1) is 5.92 Å². The van der Waals surface area contributed by atoms with Crippen LogP contribution in [0.5, 0.6) is 17.4 Å². The zero-order valence-electron chi connectivity index (χ0n) is 14.4. The third kappa shape index (κ3) is 4.93. The number of rotatable bonds is 7. The van der Waals surface area contributed by atoms with E-state index in [1.54, 1.807) is 36.5 Å². The zero-order valence-corrected chi connectivity index (χ0v) is 14.4. The van der Waals surface area contributed by atoms with Gasteiger partial charge >= 0.3 is 0 Å². The van der Waals surface area contributed by atoms with E-state index in [0.717, 1.165) is 26.1 Å². The largest absolute Gasteiger partial charge is 0.484 e. The van der Waals surface area contributed by atoms with Crippen LogP contribution in [0.25, 0.3) is 0 Å². The number of carbonyl (C=O) groups is 1. The fraction of sp³-hybridized carbons (Fsp3) is 0.368. The zero-order chi connectivity index (χ0) is 17.5. The van der Waals surface area contributed by atoms with Crippen molar-refractivity contribution in [3.8, 4) is 17.4 Å². The van der Waals surface area contributed by atoms with Gasteiger partial charge in [-0.25, -0.2) is 4.98 Å². The number of nitrogens with zero attached hydrogens (tertiary/aromatic N) is 2. The summed E-state index contributed by atoms with van der Waals surface area (Å²) in [5.74, 6) is 2.43. The van der Waals surface area contributed by atoms with Crippen molar-refractivity contribution >= 4 is 5.91 Å². The summed E-state index contributed by atoms with van der Waals surface area (Å²) in [4.78, 5) is 18.2. The Balaban J connectivity index is 1.46. The molecule has 1 aromatic heterocycles. The molecule has 6 nitrogen and oxygen atoms in total. The van der Waals surface area contributed by atoms with Gasteiger partial charge in [-0.2, -0.15) is 0 Å². The molecule has 0 bridgehead atoms. The van der Waals surface area contributed by atoms with Crippen molar-refractivity contribution in [3.63, 3.8) is 0 Å². The molecule has 3 rings (SSSR count). The molecule has 1 N–H and O–H groups in total. The lowest BCUT2D eigenvalue weighted by Gasteiger charge is -2.17. The number of nitrogens with one attached hydrogen (secondary N) is 1. The molecule has 2 heterocycles. The second-order valence-corrected chi connectivity index (χ2v) is 6.08. The number of hydrogen-bond acceptors (Lipinski definition) is 5. The normalized spacial score (nSPS) is 16.7. The van der Waals surface area contributed by atoms with Gasteiger partial charge in [0.15, 0.2) is 6.61 Å². The molecule has 1 aromatic carbocycles. The molecule has 25 heavy (non-hydrogen) atoms. The summed E-state index contributed by atoms with van der Waals surface area (Å²) in [6.45, 7) is 2.63. The number of carbonyl (C=O) groups excluding carboxylic acids is 1. The highest BCUT2D eigenvalue weighted by Gasteiger charge is 2.25. The molecule has 0 aliphatic carbocycles. The Morgan fingerprint density at radius 3 is 2.76 bits per heavy atom. The summed E-state index contributed by atoms with van der Waals surface area (Å²) in [5.41, 5.74) is 0. The van der Waals surface area contributed by atoms with Gasteiger partial charge in [0.1, 0.15) is 11.5 Å². The first-order chi connectivity index (χ1) is 12.2. The molecule has 0 radical (unpaired) electrons. The summed E-state index contributed by atoms with van der Waals surface area (Å²) in [6, 6.07) is 12.7. The van der Waals surface area contributed by atoms with Crippen molar-refractivity contribution in [2.75, 3.05) is 33.3 Å². The number of hydrogen-bond donors (Lipinski definition) is 1. The van der Waals surface area contributed by atoms with Gasteiger partial charge in [0.25, 0.3) is 5.91 Å². The molecule has 0 spiro atoms. The van der Waals surface area contributed by atoms with Crippen molar-refractivity contribution in [1.29, 1.82) is 0 Å². The van der Waals surface area contributed by atoms with Crippen LogP contribution in [0.3, 0.4) is 0 Å². The van der Waals surface area contributed by atoms with E-state index in [1.807, 2.05) is 24.1 Å². The van der Waals surface area contributed by atoms with Crippen LogP contribution in [0.15, 0.2) is 48.7 Å². The minimum Gasteiger partial charge on any atom is -0.484 e. The topological polar surface area (TPSA) is 63.7 Å². The number of aromatic nitrogens is 1. The van der Waals surface area contributed by atoms with Gasteiger partial charge in [-0.1, -0.05) is 6.07 Å². The molecule has 1 atom stereocenters. The van der Waals surface area contributed by atoms with E-state index < -0.39 is 0 Å². The number of ether oxygens (including phenoxy) is 2. The molecule has 1 saturated heterocycles. The number of likely N-dealkylation sites (tertiary alicyclic amines) is 1. The Bertz CT molecular complexity index is 676. The Hall–Kier alpha value is -2.60. The summed E-state index contributed by atoms with van der Waals surface area (Å²) in [7, 11) is 1.94. The predicted molar refractivity (Wildman–Crippen MR) is 94.9 cm³/mol. The molecule has 1 fully saturated rings. The van der Waals surface area contributed by atoms with Crippen LogP contribution >= 0.6 is 0 Å². The van der Waals surface area contributed by atoms with Crippen molar-refractivity contribution in [2.45, 2.75) is 6.42 Å². The third-order valence-corrected chi connectivity index (χ3v) is 4.18. The quantitative estimate of drug-likeness (QED) is 0.837. The minimum absolute atomic E-state index is 0.0346. The fourth-order valence-corrected chi connectivity index (χ4v) is 2.88. The first-order valence-electron chi connectivity index (χ1n) is 8.48. The maximum absolute atomic E-state index is 12.2. The van der Waals surface area contributed by atoms with Crippen LogP contribution in [-0.2, 0) is 4.79 Å². The van der Waals surface area contributed by atoms with Gasteiger partial charge in [-0.05, 0) is 56.3 Å². The standard InChI is InChI=1S/C19H23N3O3/c1-20-12-15-9-11-22(13-15)19(23)14-24-16-5-7-17(8-6-16)25-18-4-2-3-10-21-18/h2-8,10,15,20H,9,11-14H2,1H3. The van der Waals surface area contributed by atoms with E-state index in [-0.39, 0.29) is 12.5 Å². The lowest BCUT2D eigenvalue weighted by molar-refractivity contribution is -0.132. The SMILES string of the molecule is CNCC1CCN(C(=O)COc2ccc(Oc3ccccn3)cc2)C1. The fourth-order valence-electron chi connectivity index (χ4n) is 2.88. The Labute approximate surface area is 147 Å². The monoisotopic (exact) mass is 341 g/mol. The van der Waals surface area contributed by atoms with E-state index in [4.69, 9.17) is 9.47 Å². The highest BCUT2D eigenvalue weighted by molar-refractivity contribution is 5.78. The average molecular weight is 341 g/mol. The lowest BCUT2D eigenvalue weighted by Crippen LogP contribution is -2.34. The van der Waals surface area contributed by atoms with Crippen LogP contribution < -0.4 is 14.8 Å². The highest BCUT2D eigenvalue weighted by atomic mass is 16.5. The van der Waals surface area contributed by atoms with Crippen molar-refractivity contribution in [3.05, 3.63) is 48.7 Å². The summed E-state index contributed by atoms with van der Waals surface area (Å²) < 4.78 is 11.2. The summed E-state index contributed by atoms with van der Waals surface area (Å²) in [5, 5.41) is 3.16. The predicted octanol–water partition coefficient (Wildman–Crippen LogP) is 2.32. The van der Waals surface area contributed by atoms with E-state index in [0.29, 0.717) is 23.3 Å². The van der Waals surface area contributed by atoms with E-state index in [9.17, 15) is 4.79 Å². The minimum atomic E-state index is 0.0346. The van der Waals surface area contributed by atoms with E-state index >= 15 is 0 Å². The van der Waals surface area contributed by atoms with E-state index in [2.05, 4.69) is 10.3 Å². The molecule has 0 saturated carbocycles. The summed E-state index contributed by atoms with van der Waals surface area (Å²) >= 11 is 0.